The summed E-state index contributed by atoms with van der Waals surface area (Å²) in [5, 5.41) is 9.96. The smallest absolute Gasteiger partial charge is 0.494 e. The minimum atomic E-state index is -1.08. The van der Waals surface area contributed by atoms with Crippen molar-refractivity contribution >= 4 is 24.5 Å². The average Bonchev–Trinajstić information content (AvgIpc) is 2.87. The Balaban J connectivity index is 1.44. The fraction of sp³-hybridized carbons (Fsp3) is 0.375. The summed E-state index contributed by atoms with van der Waals surface area (Å²) in [5.41, 5.74) is 6.51. The van der Waals surface area contributed by atoms with Gasteiger partial charge in [-0.05, 0) is 99.3 Å². The van der Waals surface area contributed by atoms with Crippen LogP contribution < -0.4 is 14.9 Å². The van der Waals surface area contributed by atoms with E-state index >= 15 is 0 Å². The summed E-state index contributed by atoms with van der Waals surface area (Å²) in [4.78, 5) is 25.7. The first kappa shape index (κ1) is 30.2. The molecule has 1 heterocycles. The van der Waals surface area contributed by atoms with E-state index in [1.807, 2.05) is 18.2 Å². The lowest BCUT2D eigenvalue weighted by molar-refractivity contribution is -0.145. The number of carbonyl (C=O) groups excluding carboxylic acids is 2. The van der Waals surface area contributed by atoms with E-state index < -0.39 is 24.7 Å². The van der Waals surface area contributed by atoms with Crippen LogP contribution in [0.2, 0.25) is 0 Å². The molecule has 3 aromatic rings. The Morgan fingerprint density at radius 3 is 2.10 bits per heavy atom. The van der Waals surface area contributed by atoms with Crippen molar-refractivity contribution in [1.29, 1.82) is 0 Å². The van der Waals surface area contributed by atoms with Crippen LogP contribution in [-0.2, 0) is 25.5 Å². The second kappa shape index (κ2) is 12.8. The molecule has 1 saturated heterocycles. The molecule has 1 aliphatic rings. The Hall–Kier alpha value is -3.82. The number of likely N-dealkylation sites (N-methyl/N-ethyl adjacent to an activating group) is 1. The lowest BCUT2D eigenvalue weighted by atomic mass is 9.78. The highest BCUT2D eigenvalue weighted by Crippen LogP contribution is 2.34. The number of benzene rings is 3. The molecule has 0 spiro atoms. The van der Waals surface area contributed by atoms with Crippen LogP contribution in [0, 0.1) is 20.8 Å². The number of ether oxygens (including phenoxy) is 2. The molecule has 1 aliphatic heterocycles. The molecule has 1 fully saturated rings. The third-order valence-corrected chi connectivity index (χ3v) is 7.03. The van der Waals surface area contributed by atoms with Gasteiger partial charge in [0.2, 0.25) is 0 Å². The highest BCUT2D eigenvalue weighted by Gasteiger charge is 2.33. The van der Waals surface area contributed by atoms with Gasteiger partial charge in [-0.25, -0.2) is 0 Å². The maximum absolute atomic E-state index is 12.1. The molecule has 0 amide bonds. The molecule has 9 heteroatoms. The van der Waals surface area contributed by atoms with Crippen molar-refractivity contribution in [2.24, 2.45) is 0 Å². The van der Waals surface area contributed by atoms with E-state index in [1.165, 1.54) is 0 Å². The van der Waals surface area contributed by atoms with Crippen molar-refractivity contribution in [3.8, 4) is 22.6 Å². The first-order chi connectivity index (χ1) is 19.4. The summed E-state index contributed by atoms with van der Waals surface area (Å²) in [6, 6.07) is 17.3. The van der Waals surface area contributed by atoms with Crippen LogP contribution >= 0.6 is 0 Å². The minimum Gasteiger partial charge on any atom is -0.494 e. The van der Waals surface area contributed by atoms with E-state index in [1.54, 1.807) is 50.1 Å². The van der Waals surface area contributed by atoms with E-state index in [0.717, 1.165) is 39.1 Å². The van der Waals surface area contributed by atoms with Crippen LogP contribution in [0.4, 0.5) is 0 Å². The lowest BCUT2D eigenvalue weighted by Gasteiger charge is -2.22. The topological polar surface area (TPSA) is 94.5 Å². The third-order valence-electron chi connectivity index (χ3n) is 7.03. The van der Waals surface area contributed by atoms with Crippen LogP contribution in [0.3, 0.4) is 0 Å². The van der Waals surface area contributed by atoms with Gasteiger partial charge >= 0.3 is 19.1 Å². The second-order valence-corrected chi connectivity index (χ2v) is 11.3. The summed E-state index contributed by atoms with van der Waals surface area (Å²) < 4.78 is 22.7. The Bertz CT molecular complexity index is 1360. The Kier molecular flexibility index (Phi) is 9.40. The van der Waals surface area contributed by atoms with Crippen molar-refractivity contribution in [2.45, 2.75) is 53.2 Å². The van der Waals surface area contributed by atoms with Gasteiger partial charge in [0.25, 0.3) is 0 Å². The highest BCUT2D eigenvalue weighted by atomic mass is 16.6. The minimum absolute atomic E-state index is 0.0191. The van der Waals surface area contributed by atoms with Crippen LogP contribution in [-0.4, -0.2) is 61.4 Å². The maximum Gasteiger partial charge on any atom is 0.636 e. The number of carbonyl (C=O) groups is 2. The number of nitrogens with zero attached hydrogens (tertiary/aromatic N) is 1. The number of aryl methyl sites for hydroxylation is 2. The van der Waals surface area contributed by atoms with Crippen LogP contribution in [0.5, 0.6) is 11.5 Å². The fourth-order valence-corrected chi connectivity index (χ4v) is 4.81. The number of hydrogen-bond acceptors (Lipinski definition) is 8. The van der Waals surface area contributed by atoms with Crippen molar-refractivity contribution in [2.75, 3.05) is 26.7 Å². The Morgan fingerprint density at radius 2 is 1.51 bits per heavy atom. The molecule has 8 nitrogen and oxygen atoms in total. The summed E-state index contributed by atoms with van der Waals surface area (Å²) in [6.45, 7) is 10.7. The molecule has 0 radical (unpaired) electrons. The summed E-state index contributed by atoms with van der Waals surface area (Å²) >= 11 is 0. The molecule has 216 valence electrons. The van der Waals surface area contributed by atoms with Gasteiger partial charge in [0, 0.05) is 11.9 Å². The lowest BCUT2D eigenvalue weighted by Crippen LogP contribution is -2.47. The SMILES string of the molecule is Cc1cc(OCCC(C)(C)O)cc(C)c1-c1cccc(COc2ccc(B3OC(=O)CN(C)CC(=O)O3)cc2)c1C. The van der Waals surface area contributed by atoms with E-state index in [4.69, 9.17) is 18.8 Å². The molecule has 0 aromatic heterocycles. The van der Waals surface area contributed by atoms with Gasteiger partial charge in [-0.15, -0.1) is 0 Å². The normalized spacial score (nSPS) is 14.7. The van der Waals surface area contributed by atoms with Gasteiger partial charge in [-0.3, -0.25) is 14.5 Å². The van der Waals surface area contributed by atoms with Gasteiger partial charge < -0.3 is 23.9 Å². The summed E-state index contributed by atoms with van der Waals surface area (Å²) in [5.74, 6) is 0.518. The Labute approximate surface area is 242 Å². The largest absolute Gasteiger partial charge is 0.636 e. The van der Waals surface area contributed by atoms with Crippen molar-refractivity contribution < 1.29 is 33.5 Å². The van der Waals surface area contributed by atoms with Crippen LogP contribution in [0.25, 0.3) is 11.1 Å². The zero-order chi connectivity index (χ0) is 29.7. The van der Waals surface area contributed by atoms with Gasteiger partial charge in [-0.1, -0.05) is 30.3 Å². The number of aliphatic hydroxyl groups is 1. The maximum atomic E-state index is 12.1. The van der Waals surface area contributed by atoms with E-state index in [-0.39, 0.29) is 13.1 Å². The van der Waals surface area contributed by atoms with Gasteiger partial charge in [0.05, 0.1) is 25.3 Å². The highest BCUT2D eigenvalue weighted by molar-refractivity contribution is 6.64. The first-order valence-corrected chi connectivity index (χ1v) is 13.7. The molecular formula is C32H38BNO7. The number of hydrogen-bond donors (Lipinski definition) is 1. The fourth-order valence-electron chi connectivity index (χ4n) is 4.81. The monoisotopic (exact) mass is 559 g/mol. The standard InChI is InChI=1S/C32H38BNO7/c1-21-16-27(38-15-14-32(4,5)37)17-22(2)31(21)28-9-7-8-24(23(28)3)20-39-26-12-10-25(11-13-26)33-40-29(35)18-34(6)19-30(36)41-33/h7-13,16-17,37H,14-15,18-20H2,1-6H3. The zero-order valence-corrected chi connectivity index (χ0v) is 24.7. The van der Waals surface area contributed by atoms with Gasteiger partial charge in [0.15, 0.2) is 0 Å². The van der Waals surface area contributed by atoms with E-state index in [2.05, 4.69) is 32.9 Å². The molecular weight excluding hydrogens is 521 g/mol. The van der Waals surface area contributed by atoms with E-state index in [9.17, 15) is 14.7 Å². The molecule has 3 aromatic carbocycles. The van der Waals surface area contributed by atoms with Gasteiger partial charge in [-0.2, -0.15) is 0 Å². The molecule has 4 rings (SSSR count). The molecule has 41 heavy (non-hydrogen) atoms. The van der Waals surface area contributed by atoms with Crippen molar-refractivity contribution in [1.82, 2.24) is 4.90 Å². The average molecular weight is 559 g/mol. The molecule has 0 aliphatic carbocycles. The molecule has 0 unspecified atom stereocenters. The number of rotatable bonds is 9. The van der Waals surface area contributed by atoms with Crippen LogP contribution in [0.15, 0.2) is 54.6 Å². The first-order valence-electron chi connectivity index (χ1n) is 13.7. The van der Waals surface area contributed by atoms with Crippen molar-refractivity contribution in [3.63, 3.8) is 0 Å². The third kappa shape index (κ3) is 8.12. The summed E-state index contributed by atoms with van der Waals surface area (Å²) in [7, 11) is 0.573. The summed E-state index contributed by atoms with van der Waals surface area (Å²) in [6.07, 6.45) is 0.552. The van der Waals surface area contributed by atoms with Crippen molar-refractivity contribution in [3.05, 3.63) is 76.9 Å². The predicted octanol–water partition coefficient (Wildman–Crippen LogP) is 4.12. The van der Waals surface area contributed by atoms with Gasteiger partial charge in [0.1, 0.15) is 18.1 Å². The molecule has 0 bridgehead atoms. The molecule has 1 N–H and O–H groups in total. The molecule has 0 saturated carbocycles. The van der Waals surface area contributed by atoms with E-state index in [0.29, 0.717) is 30.8 Å². The quantitative estimate of drug-likeness (QED) is 0.392. The molecule has 0 atom stereocenters. The zero-order valence-electron chi connectivity index (χ0n) is 24.7. The second-order valence-electron chi connectivity index (χ2n) is 11.3. The van der Waals surface area contributed by atoms with Crippen LogP contribution in [0.1, 0.15) is 42.5 Å². The predicted molar refractivity (Wildman–Crippen MR) is 158 cm³/mol. The Morgan fingerprint density at radius 1 is 0.902 bits per heavy atom.